The van der Waals surface area contributed by atoms with Crippen molar-refractivity contribution in [3.05, 3.63) is 53.9 Å². The van der Waals surface area contributed by atoms with Crippen molar-refractivity contribution in [2.75, 3.05) is 6.79 Å². The van der Waals surface area contributed by atoms with E-state index in [1.165, 1.54) is 0 Å². The zero-order chi connectivity index (χ0) is 13.1. The van der Waals surface area contributed by atoms with E-state index in [0.717, 1.165) is 17.1 Å². The van der Waals surface area contributed by atoms with Gasteiger partial charge in [0.1, 0.15) is 0 Å². The minimum atomic E-state index is -0.125. The molecule has 0 aliphatic carbocycles. The largest absolute Gasteiger partial charge is 0.454 e. The fraction of sp³-hybridized carbons (Fsp3) is 0.143. The average molecular weight is 293 g/mol. The molecule has 3 rings (SSSR count). The molecular weight excluding hydrogens is 280 g/mol. The first-order valence-corrected chi connectivity index (χ1v) is 5.90. The van der Waals surface area contributed by atoms with Crippen molar-refractivity contribution in [3.8, 4) is 11.5 Å². The van der Waals surface area contributed by atoms with Crippen LogP contribution in [0.15, 0.2) is 42.7 Å². The lowest BCUT2D eigenvalue weighted by molar-refractivity contribution is 0.0950. The van der Waals surface area contributed by atoms with E-state index in [9.17, 15) is 4.79 Å². The highest BCUT2D eigenvalue weighted by molar-refractivity contribution is 5.93. The summed E-state index contributed by atoms with van der Waals surface area (Å²) in [5, 5.41) is 2.84. The Morgan fingerprint density at radius 2 is 1.90 bits per heavy atom. The Morgan fingerprint density at radius 1 is 1.15 bits per heavy atom. The Kier molecular flexibility index (Phi) is 4.42. The number of nitrogens with zero attached hydrogens (tertiary/aromatic N) is 1. The molecule has 0 atom stereocenters. The molecule has 2 aromatic rings. The number of halogens is 1. The zero-order valence-electron chi connectivity index (χ0n) is 10.5. The molecule has 1 aliphatic rings. The number of ether oxygens (including phenoxy) is 2. The van der Waals surface area contributed by atoms with Crippen LogP contribution in [0.1, 0.15) is 15.9 Å². The molecule has 0 saturated carbocycles. The summed E-state index contributed by atoms with van der Waals surface area (Å²) < 4.78 is 10.5. The number of carbonyl (C=O) groups is 1. The van der Waals surface area contributed by atoms with Gasteiger partial charge < -0.3 is 14.8 Å². The molecule has 2 heterocycles. The third-order valence-corrected chi connectivity index (χ3v) is 2.83. The molecule has 1 aromatic heterocycles. The molecule has 0 spiro atoms. The fourth-order valence-corrected chi connectivity index (χ4v) is 1.84. The second-order valence-corrected chi connectivity index (χ2v) is 4.11. The van der Waals surface area contributed by atoms with E-state index in [1.807, 2.05) is 18.2 Å². The van der Waals surface area contributed by atoms with Crippen LogP contribution < -0.4 is 14.8 Å². The van der Waals surface area contributed by atoms with E-state index in [1.54, 1.807) is 24.5 Å². The van der Waals surface area contributed by atoms with Gasteiger partial charge in [-0.2, -0.15) is 0 Å². The van der Waals surface area contributed by atoms with Crippen LogP contribution in [0, 0.1) is 0 Å². The lowest BCUT2D eigenvalue weighted by Crippen LogP contribution is -2.22. The molecule has 0 bridgehead atoms. The second-order valence-electron chi connectivity index (χ2n) is 4.11. The van der Waals surface area contributed by atoms with Crippen LogP contribution in [0.5, 0.6) is 11.5 Å². The van der Waals surface area contributed by atoms with Crippen LogP contribution in [0.25, 0.3) is 0 Å². The maximum Gasteiger partial charge on any atom is 0.251 e. The van der Waals surface area contributed by atoms with Gasteiger partial charge in [0.2, 0.25) is 6.79 Å². The Bertz CT molecular complexity index is 605. The number of aromatic nitrogens is 1. The molecule has 0 unspecified atom stereocenters. The van der Waals surface area contributed by atoms with Gasteiger partial charge in [-0.1, -0.05) is 6.07 Å². The maximum absolute atomic E-state index is 11.9. The van der Waals surface area contributed by atoms with E-state index < -0.39 is 0 Å². The molecule has 0 radical (unpaired) electrons. The summed E-state index contributed by atoms with van der Waals surface area (Å²) in [5.74, 6) is 1.33. The standard InChI is InChI=1S/C14H12N2O3.ClH/c17-14(11-3-5-15-6-4-11)16-8-10-1-2-12-13(7-10)19-9-18-12;/h1-7H,8-9H2,(H,16,17);1H. The normalized spacial score (nSPS) is 11.6. The first-order valence-electron chi connectivity index (χ1n) is 5.90. The molecule has 5 nitrogen and oxygen atoms in total. The number of amides is 1. The summed E-state index contributed by atoms with van der Waals surface area (Å²) >= 11 is 0. The number of fused-ring (bicyclic) bond motifs is 1. The Morgan fingerprint density at radius 3 is 2.70 bits per heavy atom. The van der Waals surface area contributed by atoms with Crippen LogP contribution in [-0.2, 0) is 6.54 Å². The summed E-state index contributed by atoms with van der Waals surface area (Å²) in [5.41, 5.74) is 1.56. The number of benzene rings is 1. The average Bonchev–Trinajstić information content (AvgIpc) is 2.93. The first-order chi connectivity index (χ1) is 9.33. The van der Waals surface area contributed by atoms with Crippen molar-refractivity contribution in [2.45, 2.75) is 6.54 Å². The van der Waals surface area contributed by atoms with Crippen LogP contribution >= 0.6 is 12.4 Å². The molecule has 20 heavy (non-hydrogen) atoms. The van der Waals surface area contributed by atoms with E-state index in [4.69, 9.17) is 9.47 Å². The lowest BCUT2D eigenvalue weighted by Gasteiger charge is -2.06. The highest BCUT2D eigenvalue weighted by atomic mass is 35.5. The van der Waals surface area contributed by atoms with E-state index in [2.05, 4.69) is 10.3 Å². The molecule has 104 valence electrons. The van der Waals surface area contributed by atoms with Gasteiger partial charge in [0.05, 0.1) is 0 Å². The number of hydrogen-bond donors (Lipinski definition) is 1. The van der Waals surface area contributed by atoms with Gasteiger partial charge in [0, 0.05) is 24.5 Å². The molecular formula is C14H13ClN2O3. The van der Waals surface area contributed by atoms with Crippen molar-refractivity contribution in [1.82, 2.24) is 10.3 Å². The van der Waals surface area contributed by atoms with E-state index >= 15 is 0 Å². The minimum absolute atomic E-state index is 0. The van der Waals surface area contributed by atoms with Gasteiger partial charge in [-0.05, 0) is 29.8 Å². The summed E-state index contributed by atoms with van der Waals surface area (Å²) in [6, 6.07) is 8.97. The molecule has 0 saturated heterocycles. The topological polar surface area (TPSA) is 60.5 Å². The molecule has 1 aromatic carbocycles. The van der Waals surface area contributed by atoms with Crippen molar-refractivity contribution in [2.24, 2.45) is 0 Å². The van der Waals surface area contributed by atoms with Gasteiger partial charge in [-0.15, -0.1) is 12.4 Å². The van der Waals surface area contributed by atoms with E-state index in [-0.39, 0.29) is 25.1 Å². The molecule has 0 fully saturated rings. The van der Waals surface area contributed by atoms with Gasteiger partial charge >= 0.3 is 0 Å². The second kappa shape index (κ2) is 6.25. The molecule has 6 heteroatoms. The maximum atomic E-state index is 11.9. The van der Waals surface area contributed by atoms with Gasteiger partial charge in [-0.3, -0.25) is 9.78 Å². The first kappa shape index (κ1) is 14.1. The molecule has 1 aliphatic heterocycles. The Labute approximate surface area is 122 Å². The zero-order valence-corrected chi connectivity index (χ0v) is 11.4. The fourth-order valence-electron chi connectivity index (χ4n) is 1.84. The number of hydrogen-bond acceptors (Lipinski definition) is 4. The summed E-state index contributed by atoms with van der Waals surface area (Å²) in [7, 11) is 0. The third kappa shape index (κ3) is 3.00. The van der Waals surface area contributed by atoms with Crippen LogP contribution in [0.3, 0.4) is 0 Å². The minimum Gasteiger partial charge on any atom is -0.454 e. The van der Waals surface area contributed by atoms with Crippen molar-refractivity contribution in [3.63, 3.8) is 0 Å². The van der Waals surface area contributed by atoms with Crippen molar-refractivity contribution in [1.29, 1.82) is 0 Å². The number of pyridine rings is 1. The summed E-state index contributed by atoms with van der Waals surface area (Å²) in [6.45, 7) is 0.694. The van der Waals surface area contributed by atoms with Gasteiger partial charge in [0.15, 0.2) is 11.5 Å². The summed E-state index contributed by atoms with van der Waals surface area (Å²) in [4.78, 5) is 15.7. The third-order valence-electron chi connectivity index (χ3n) is 2.83. The SMILES string of the molecule is Cl.O=C(NCc1ccc2c(c1)OCO2)c1ccncc1. The smallest absolute Gasteiger partial charge is 0.251 e. The highest BCUT2D eigenvalue weighted by Gasteiger charge is 2.13. The van der Waals surface area contributed by atoms with Crippen LogP contribution in [0.2, 0.25) is 0 Å². The van der Waals surface area contributed by atoms with Crippen molar-refractivity contribution >= 4 is 18.3 Å². The number of carbonyl (C=O) groups excluding carboxylic acids is 1. The quantitative estimate of drug-likeness (QED) is 0.942. The number of rotatable bonds is 3. The predicted molar refractivity (Wildman–Crippen MR) is 75.2 cm³/mol. The van der Waals surface area contributed by atoms with Crippen LogP contribution in [0.4, 0.5) is 0 Å². The predicted octanol–water partition coefficient (Wildman–Crippen LogP) is 2.16. The van der Waals surface area contributed by atoms with Gasteiger partial charge in [0.25, 0.3) is 5.91 Å². The molecule has 1 N–H and O–H groups in total. The van der Waals surface area contributed by atoms with Gasteiger partial charge in [-0.25, -0.2) is 0 Å². The van der Waals surface area contributed by atoms with Crippen LogP contribution in [-0.4, -0.2) is 17.7 Å². The Balaban J connectivity index is 0.00000147. The molecule has 1 amide bonds. The summed E-state index contributed by atoms with van der Waals surface area (Å²) in [6.07, 6.45) is 3.19. The number of nitrogens with one attached hydrogen (secondary N) is 1. The monoisotopic (exact) mass is 292 g/mol. The highest BCUT2D eigenvalue weighted by Crippen LogP contribution is 2.32. The lowest BCUT2D eigenvalue weighted by atomic mass is 10.2. The van der Waals surface area contributed by atoms with E-state index in [0.29, 0.717) is 12.1 Å². The van der Waals surface area contributed by atoms with Crippen molar-refractivity contribution < 1.29 is 14.3 Å². The Hall–Kier alpha value is -2.27.